The second-order valence-electron chi connectivity index (χ2n) is 8.42. The highest BCUT2D eigenvalue weighted by atomic mass is 19.1. The van der Waals surface area contributed by atoms with Crippen LogP contribution in [0.5, 0.6) is 0 Å². The Morgan fingerprint density at radius 2 is 1.66 bits per heavy atom. The van der Waals surface area contributed by atoms with Crippen LogP contribution < -0.4 is 4.90 Å². The monoisotopic (exact) mass is 434 g/mol. The molecule has 0 aliphatic carbocycles. The number of β-amino-alcohol motifs (C(OH)–C–C–N with tert-alkyl or cyclic N) is 1. The van der Waals surface area contributed by atoms with E-state index in [1.165, 1.54) is 6.07 Å². The second-order valence-corrected chi connectivity index (χ2v) is 8.42. The number of benzene rings is 2. The number of aromatic nitrogens is 2. The molecule has 0 amide bonds. The fraction of sp³-hybridized carbons (Fsp3) is 0.385. The first-order valence-corrected chi connectivity index (χ1v) is 11.4. The Morgan fingerprint density at radius 1 is 0.969 bits per heavy atom. The smallest absolute Gasteiger partial charge is 0.161 e. The molecule has 0 radical (unpaired) electrons. The summed E-state index contributed by atoms with van der Waals surface area (Å²) in [5.74, 6) is 1.41. The lowest BCUT2D eigenvalue weighted by Gasteiger charge is -2.37. The van der Waals surface area contributed by atoms with Crippen molar-refractivity contribution in [3.8, 4) is 11.4 Å². The summed E-state index contributed by atoms with van der Waals surface area (Å²) in [6.45, 7) is 7.92. The Labute approximate surface area is 189 Å². The third kappa shape index (κ3) is 5.14. The van der Waals surface area contributed by atoms with Gasteiger partial charge in [-0.2, -0.15) is 0 Å². The molecule has 1 aromatic heterocycles. The standard InChI is InChI=1S/C26H31FN4O/c1-3-24-22(17-21-11-7-8-12-23(21)27)26(29-25(28-24)20-9-5-4-6-10-20)31-15-13-30(14-16-31)18-19(2)32/h4-12,19,32H,3,13-18H2,1-2H3/t19-/m1/s1. The van der Waals surface area contributed by atoms with E-state index in [2.05, 4.69) is 16.7 Å². The maximum Gasteiger partial charge on any atom is 0.161 e. The van der Waals surface area contributed by atoms with E-state index in [0.717, 1.165) is 55.2 Å². The minimum atomic E-state index is -0.339. The lowest BCUT2D eigenvalue weighted by Crippen LogP contribution is -2.49. The first kappa shape index (κ1) is 22.4. The lowest BCUT2D eigenvalue weighted by molar-refractivity contribution is 0.122. The van der Waals surface area contributed by atoms with Gasteiger partial charge in [-0.1, -0.05) is 55.5 Å². The number of anilines is 1. The molecule has 32 heavy (non-hydrogen) atoms. The number of aliphatic hydroxyl groups excluding tert-OH is 1. The van der Waals surface area contributed by atoms with Gasteiger partial charge >= 0.3 is 0 Å². The van der Waals surface area contributed by atoms with Gasteiger partial charge in [0.2, 0.25) is 0 Å². The highest BCUT2D eigenvalue weighted by Crippen LogP contribution is 2.29. The summed E-state index contributed by atoms with van der Waals surface area (Å²) < 4.78 is 14.5. The molecule has 6 heteroatoms. The Kier molecular flexibility index (Phi) is 7.12. The van der Waals surface area contributed by atoms with Gasteiger partial charge in [0.25, 0.3) is 0 Å². The molecule has 2 aromatic carbocycles. The van der Waals surface area contributed by atoms with Crippen molar-refractivity contribution in [1.29, 1.82) is 0 Å². The molecule has 2 heterocycles. The van der Waals surface area contributed by atoms with E-state index >= 15 is 0 Å². The summed E-state index contributed by atoms with van der Waals surface area (Å²) in [5, 5.41) is 9.74. The number of nitrogens with zero attached hydrogens (tertiary/aromatic N) is 4. The molecule has 1 saturated heterocycles. The molecule has 1 aliphatic rings. The van der Waals surface area contributed by atoms with E-state index in [9.17, 15) is 9.50 Å². The fourth-order valence-electron chi connectivity index (χ4n) is 4.32. The molecule has 168 valence electrons. The number of piperazine rings is 1. The van der Waals surface area contributed by atoms with E-state index in [-0.39, 0.29) is 11.9 Å². The summed E-state index contributed by atoms with van der Waals surface area (Å²) in [4.78, 5) is 14.5. The number of hydrogen-bond acceptors (Lipinski definition) is 5. The highest BCUT2D eigenvalue weighted by molar-refractivity contribution is 5.61. The topological polar surface area (TPSA) is 52.5 Å². The molecule has 1 aliphatic heterocycles. The van der Waals surface area contributed by atoms with Crippen molar-refractivity contribution in [2.45, 2.75) is 32.8 Å². The lowest BCUT2D eigenvalue weighted by atomic mass is 10.0. The van der Waals surface area contributed by atoms with E-state index in [1.807, 2.05) is 49.4 Å². The largest absolute Gasteiger partial charge is 0.392 e. The maximum absolute atomic E-state index is 14.5. The van der Waals surface area contributed by atoms with E-state index in [0.29, 0.717) is 24.4 Å². The van der Waals surface area contributed by atoms with Crippen molar-refractivity contribution in [2.24, 2.45) is 0 Å². The summed E-state index contributed by atoms with van der Waals surface area (Å²) in [5.41, 5.74) is 3.60. The van der Waals surface area contributed by atoms with Crippen LogP contribution in [0.15, 0.2) is 54.6 Å². The zero-order valence-electron chi connectivity index (χ0n) is 18.8. The maximum atomic E-state index is 14.5. The van der Waals surface area contributed by atoms with Gasteiger partial charge in [0.1, 0.15) is 11.6 Å². The van der Waals surface area contributed by atoms with Gasteiger partial charge in [0.05, 0.1) is 6.10 Å². The van der Waals surface area contributed by atoms with Crippen LogP contribution in [0.25, 0.3) is 11.4 Å². The molecule has 5 nitrogen and oxygen atoms in total. The molecule has 0 bridgehead atoms. The Hall–Kier alpha value is -2.83. The minimum Gasteiger partial charge on any atom is -0.392 e. The molecule has 3 aromatic rings. The number of aliphatic hydroxyl groups is 1. The number of hydrogen-bond donors (Lipinski definition) is 1. The summed E-state index contributed by atoms with van der Waals surface area (Å²) in [6.07, 6.45) is 0.878. The number of halogens is 1. The van der Waals surface area contributed by atoms with Gasteiger partial charge < -0.3 is 10.0 Å². The highest BCUT2D eigenvalue weighted by Gasteiger charge is 2.24. The quantitative estimate of drug-likeness (QED) is 0.611. The summed E-state index contributed by atoms with van der Waals surface area (Å²) in [6, 6.07) is 17.0. The second kappa shape index (κ2) is 10.2. The van der Waals surface area contributed by atoms with E-state index in [1.54, 1.807) is 6.07 Å². The van der Waals surface area contributed by atoms with Gasteiger partial charge in [0, 0.05) is 56.0 Å². The molecule has 0 saturated carbocycles. The van der Waals surface area contributed by atoms with Gasteiger partial charge in [0.15, 0.2) is 5.82 Å². The van der Waals surface area contributed by atoms with Crippen LogP contribution in [-0.4, -0.2) is 58.8 Å². The molecule has 1 fully saturated rings. The average molecular weight is 435 g/mol. The van der Waals surface area contributed by atoms with Crippen LogP contribution in [0.2, 0.25) is 0 Å². The van der Waals surface area contributed by atoms with Crippen LogP contribution in [-0.2, 0) is 12.8 Å². The first-order chi connectivity index (χ1) is 15.5. The molecule has 0 spiro atoms. The van der Waals surface area contributed by atoms with Crippen molar-refractivity contribution in [1.82, 2.24) is 14.9 Å². The van der Waals surface area contributed by atoms with E-state index < -0.39 is 0 Å². The number of rotatable bonds is 7. The van der Waals surface area contributed by atoms with Crippen LogP contribution in [0.3, 0.4) is 0 Å². The minimum absolute atomic E-state index is 0.200. The van der Waals surface area contributed by atoms with Crippen molar-refractivity contribution in [3.63, 3.8) is 0 Å². The summed E-state index contributed by atoms with van der Waals surface area (Å²) in [7, 11) is 0. The van der Waals surface area contributed by atoms with Gasteiger partial charge in [-0.05, 0) is 25.0 Å². The van der Waals surface area contributed by atoms with Crippen molar-refractivity contribution >= 4 is 5.82 Å². The molecule has 1 atom stereocenters. The first-order valence-electron chi connectivity index (χ1n) is 11.4. The van der Waals surface area contributed by atoms with Crippen molar-refractivity contribution in [2.75, 3.05) is 37.6 Å². The van der Waals surface area contributed by atoms with Crippen LogP contribution in [0.4, 0.5) is 10.2 Å². The molecular formula is C26H31FN4O. The van der Waals surface area contributed by atoms with E-state index in [4.69, 9.17) is 9.97 Å². The fourth-order valence-corrected chi connectivity index (χ4v) is 4.32. The zero-order valence-corrected chi connectivity index (χ0v) is 18.8. The van der Waals surface area contributed by atoms with Crippen molar-refractivity contribution in [3.05, 3.63) is 77.2 Å². The van der Waals surface area contributed by atoms with Gasteiger partial charge in [-0.3, -0.25) is 4.90 Å². The van der Waals surface area contributed by atoms with Crippen LogP contribution in [0.1, 0.15) is 30.7 Å². The zero-order chi connectivity index (χ0) is 22.5. The molecule has 4 rings (SSSR count). The van der Waals surface area contributed by atoms with Crippen LogP contribution in [0, 0.1) is 5.82 Å². The third-order valence-corrected chi connectivity index (χ3v) is 5.96. The Balaban J connectivity index is 1.73. The average Bonchev–Trinajstić information content (AvgIpc) is 2.81. The van der Waals surface area contributed by atoms with Crippen molar-refractivity contribution < 1.29 is 9.50 Å². The van der Waals surface area contributed by atoms with Gasteiger partial charge in [-0.25, -0.2) is 14.4 Å². The SMILES string of the molecule is CCc1nc(-c2ccccc2)nc(N2CCN(C[C@@H](C)O)CC2)c1Cc1ccccc1F. The molecule has 1 N–H and O–H groups in total. The Bertz CT molecular complexity index is 1030. The van der Waals surface area contributed by atoms with Crippen LogP contribution >= 0.6 is 0 Å². The molecule has 0 unspecified atom stereocenters. The predicted molar refractivity (Wildman–Crippen MR) is 126 cm³/mol. The van der Waals surface area contributed by atoms with Gasteiger partial charge in [-0.15, -0.1) is 0 Å². The summed E-state index contributed by atoms with van der Waals surface area (Å²) >= 11 is 0. The Morgan fingerprint density at radius 3 is 2.31 bits per heavy atom. The predicted octanol–water partition coefficient (Wildman–Crippen LogP) is 3.94. The molecular weight excluding hydrogens is 403 g/mol. The number of aryl methyl sites for hydroxylation is 1. The third-order valence-electron chi connectivity index (χ3n) is 5.96. The normalized spacial score (nSPS) is 15.7.